The largest absolute Gasteiger partial charge is 0.497 e. The third-order valence-corrected chi connectivity index (χ3v) is 6.45. The molecule has 37 heavy (non-hydrogen) atoms. The Morgan fingerprint density at radius 2 is 1.68 bits per heavy atom. The zero-order valence-electron chi connectivity index (χ0n) is 20.3. The number of amides is 1. The predicted molar refractivity (Wildman–Crippen MR) is 140 cm³/mol. The number of methoxy groups -OCH3 is 1. The van der Waals surface area contributed by atoms with E-state index in [9.17, 15) is 14.7 Å². The van der Waals surface area contributed by atoms with Crippen molar-refractivity contribution in [2.75, 3.05) is 13.7 Å². The van der Waals surface area contributed by atoms with Crippen molar-refractivity contribution >= 4 is 28.4 Å². The third-order valence-electron chi connectivity index (χ3n) is 6.45. The molecule has 5 rings (SSSR count). The number of hydrazone groups is 1. The van der Waals surface area contributed by atoms with Crippen LogP contribution in [0.2, 0.25) is 0 Å². The lowest BCUT2D eigenvalue weighted by Crippen LogP contribution is -2.31. The summed E-state index contributed by atoms with van der Waals surface area (Å²) in [7, 11) is 1.60. The highest BCUT2D eigenvalue weighted by atomic mass is 16.5. The average Bonchev–Trinajstić information content (AvgIpc) is 3.41. The second kappa shape index (κ2) is 10.6. The SMILES string of the molecule is COc1ccc(C2CC(c3ccc4ccccc4c3)=NN2C(=O)COC(=O)c2ccc(CO)cc2)cc1. The van der Waals surface area contributed by atoms with Crippen molar-refractivity contribution < 1.29 is 24.2 Å². The van der Waals surface area contributed by atoms with Crippen LogP contribution in [0.1, 0.15) is 39.5 Å². The molecular formula is C30H26N2O5. The number of benzene rings is 4. The minimum Gasteiger partial charge on any atom is -0.497 e. The molecule has 0 radical (unpaired) electrons. The Kier molecular flexibility index (Phi) is 6.96. The van der Waals surface area contributed by atoms with Crippen LogP contribution in [0.3, 0.4) is 0 Å². The fourth-order valence-electron chi connectivity index (χ4n) is 4.39. The smallest absolute Gasteiger partial charge is 0.338 e. The molecule has 7 nitrogen and oxygen atoms in total. The molecule has 1 aliphatic rings. The summed E-state index contributed by atoms with van der Waals surface area (Å²) in [6, 6.07) is 27.8. The van der Waals surface area contributed by atoms with Gasteiger partial charge in [-0.3, -0.25) is 4.79 Å². The molecule has 4 aromatic carbocycles. The van der Waals surface area contributed by atoms with Crippen LogP contribution in [-0.2, 0) is 16.1 Å². The van der Waals surface area contributed by atoms with Crippen molar-refractivity contribution in [3.63, 3.8) is 0 Å². The van der Waals surface area contributed by atoms with Gasteiger partial charge in [0, 0.05) is 6.42 Å². The summed E-state index contributed by atoms with van der Waals surface area (Å²) in [5.74, 6) is -0.315. The molecular weight excluding hydrogens is 468 g/mol. The normalized spacial score (nSPS) is 14.9. The van der Waals surface area contributed by atoms with Crippen LogP contribution in [0.25, 0.3) is 10.8 Å². The van der Waals surface area contributed by atoms with E-state index < -0.39 is 18.5 Å². The van der Waals surface area contributed by atoms with Gasteiger partial charge < -0.3 is 14.6 Å². The third kappa shape index (κ3) is 5.22. The van der Waals surface area contributed by atoms with Gasteiger partial charge >= 0.3 is 5.97 Å². The standard InChI is InChI=1S/C30H26N2O5/c1-36-26-14-12-22(13-15-26)28-17-27(25-11-10-21-4-2-3-5-24(21)16-25)31-32(28)29(34)19-37-30(35)23-8-6-20(18-33)7-9-23/h2-16,28,33H,17-19H2,1H3. The maximum absolute atomic E-state index is 13.3. The van der Waals surface area contributed by atoms with Crippen molar-refractivity contribution in [3.05, 3.63) is 113 Å². The molecule has 1 amide bonds. The fraction of sp³-hybridized carbons (Fsp3) is 0.167. The van der Waals surface area contributed by atoms with Crippen molar-refractivity contribution in [2.24, 2.45) is 5.10 Å². The van der Waals surface area contributed by atoms with Gasteiger partial charge in [0.15, 0.2) is 6.61 Å². The highest BCUT2D eigenvalue weighted by Gasteiger charge is 2.33. The lowest BCUT2D eigenvalue weighted by Gasteiger charge is -2.22. The van der Waals surface area contributed by atoms with Gasteiger partial charge in [-0.1, -0.05) is 60.7 Å². The lowest BCUT2D eigenvalue weighted by molar-refractivity contribution is -0.136. The van der Waals surface area contributed by atoms with Crippen molar-refractivity contribution in [2.45, 2.75) is 19.1 Å². The topological polar surface area (TPSA) is 88.4 Å². The fourth-order valence-corrected chi connectivity index (χ4v) is 4.39. The van der Waals surface area contributed by atoms with Crippen molar-refractivity contribution in [3.8, 4) is 5.75 Å². The van der Waals surface area contributed by atoms with E-state index in [2.05, 4.69) is 17.2 Å². The average molecular weight is 495 g/mol. The highest BCUT2D eigenvalue weighted by Crippen LogP contribution is 2.34. The molecule has 0 spiro atoms. The summed E-state index contributed by atoms with van der Waals surface area (Å²) in [5.41, 5.74) is 3.61. The van der Waals surface area contributed by atoms with E-state index in [1.807, 2.05) is 54.6 Å². The first-order valence-electron chi connectivity index (χ1n) is 12.0. The molecule has 1 atom stereocenters. The second-order valence-electron chi connectivity index (χ2n) is 8.77. The van der Waals surface area contributed by atoms with Gasteiger partial charge in [0.2, 0.25) is 0 Å². The number of fused-ring (bicyclic) bond motifs is 1. The Balaban J connectivity index is 1.38. The number of rotatable bonds is 7. The van der Waals surface area contributed by atoms with Gasteiger partial charge in [0.1, 0.15) is 5.75 Å². The minimum atomic E-state index is -0.614. The molecule has 0 saturated carbocycles. The first kappa shape index (κ1) is 24.2. The Bertz CT molecular complexity index is 1460. The number of ether oxygens (including phenoxy) is 2. The molecule has 1 aliphatic heterocycles. The molecule has 1 N–H and O–H groups in total. The maximum Gasteiger partial charge on any atom is 0.338 e. The van der Waals surface area contributed by atoms with E-state index >= 15 is 0 Å². The Labute approximate surface area is 214 Å². The highest BCUT2D eigenvalue weighted by molar-refractivity contribution is 6.05. The van der Waals surface area contributed by atoms with Crippen LogP contribution in [0.4, 0.5) is 0 Å². The van der Waals surface area contributed by atoms with Crippen LogP contribution >= 0.6 is 0 Å². The second-order valence-corrected chi connectivity index (χ2v) is 8.77. The van der Waals surface area contributed by atoms with Crippen LogP contribution < -0.4 is 4.74 Å². The van der Waals surface area contributed by atoms with Gasteiger partial charge in [0.25, 0.3) is 5.91 Å². The van der Waals surface area contributed by atoms with Gasteiger partial charge in [-0.05, 0) is 57.8 Å². The summed E-state index contributed by atoms with van der Waals surface area (Å²) in [4.78, 5) is 25.8. The minimum absolute atomic E-state index is 0.118. The van der Waals surface area contributed by atoms with Crippen LogP contribution in [0, 0.1) is 0 Å². The number of aliphatic hydroxyl groups excluding tert-OH is 1. The van der Waals surface area contributed by atoms with Gasteiger partial charge in [-0.2, -0.15) is 5.10 Å². The number of aliphatic hydroxyl groups is 1. The molecule has 1 heterocycles. The maximum atomic E-state index is 13.3. The molecule has 1 unspecified atom stereocenters. The Morgan fingerprint density at radius 1 is 0.946 bits per heavy atom. The first-order chi connectivity index (χ1) is 18.1. The predicted octanol–water partition coefficient (Wildman–Crippen LogP) is 4.88. The molecule has 0 aliphatic carbocycles. The van der Waals surface area contributed by atoms with Crippen LogP contribution in [0.5, 0.6) is 5.75 Å². The summed E-state index contributed by atoms with van der Waals surface area (Å²) >= 11 is 0. The monoisotopic (exact) mass is 494 g/mol. The van der Waals surface area contributed by atoms with Crippen LogP contribution in [-0.4, -0.2) is 41.4 Å². The van der Waals surface area contributed by atoms with Crippen molar-refractivity contribution in [1.29, 1.82) is 0 Å². The van der Waals surface area contributed by atoms with Gasteiger partial charge in [-0.15, -0.1) is 0 Å². The zero-order chi connectivity index (χ0) is 25.8. The molecule has 0 aromatic heterocycles. The van der Waals surface area contributed by atoms with Crippen molar-refractivity contribution in [1.82, 2.24) is 5.01 Å². The molecule has 0 saturated heterocycles. The number of carbonyl (C=O) groups is 2. The van der Waals surface area contributed by atoms with Crippen LogP contribution in [0.15, 0.2) is 96.1 Å². The van der Waals surface area contributed by atoms with E-state index in [4.69, 9.17) is 9.47 Å². The van der Waals surface area contributed by atoms with E-state index in [0.29, 0.717) is 17.5 Å². The Hall–Kier alpha value is -4.49. The first-order valence-corrected chi connectivity index (χ1v) is 12.0. The molecule has 0 fully saturated rings. The summed E-state index contributed by atoms with van der Waals surface area (Å²) in [6.07, 6.45) is 0.521. The number of nitrogens with zero attached hydrogens (tertiary/aromatic N) is 2. The number of esters is 1. The van der Waals surface area contributed by atoms with E-state index in [0.717, 1.165) is 33.4 Å². The van der Waals surface area contributed by atoms with E-state index in [-0.39, 0.29) is 12.6 Å². The lowest BCUT2D eigenvalue weighted by atomic mass is 9.97. The van der Waals surface area contributed by atoms with Gasteiger partial charge in [-0.25, -0.2) is 9.80 Å². The molecule has 0 bridgehead atoms. The number of hydrogen-bond acceptors (Lipinski definition) is 6. The number of carbonyl (C=O) groups excluding carboxylic acids is 2. The summed E-state index contributed by atoms with van der Waals surface area (Å²) in [6.45, 7) is -0.561. The molecule has 4 aromatic rings. The Morgan fingerprint density at radius 3 is 2.38 bits per heavy atom. The van der Waals surface area contributed by atoms with E-state index in [1.165, 1.54) is 5.01 Å². The molecule has 7 heteroatoms. The molecule has 186 valence electrons. The van der Waals surface area contributed by atoms with E-state index in [1.54, 1.807) is 31.4 Å². The number of hydrogen-bond donors (Lipinski definition) is 1. The summed E-state index contributed by atoms with van der Waals surface area (Å²) < 4.78 is 10.6. The zero-order valence-corrected chi connectivity index (χ0v) is 20.3. The summed E-state index contributed by atoms with van der Waals surface area (Å²) in [5, 5.41) is 17.5. The van der Waals surface area contributed by atoms with Gasteiger partial charge in [0.05, 0.1) is 31.0 Å². The quantitative estimate of drug-likeness (QED) is 0.370.